The van der Waals surface area contributed by atoms with Gasteiger partial charge in [0.2, 0.25) is 5.95 Å². The minimum atomic E-state index is -4.62. The number of anilines is 1. The van der Waals surface area contributed by atoms with E-state index in [4.69, 9.17) is 11.3 Å². The van der Waals surface area contributed by atoms with E-state index in [9.17, 15) is 13.2 Å². The number of azide groups is 1. The molecule has 0 spiro atoms. The van der Waals surface area contributed by atoms with Gasteiger partial charge >= 0.3 is 6.18 Å². The molecule has 0 aliphatic heterocycles. The number of rotatable bonds is 3. The molecule has 0 aliphatic rings. The predicted molar refractivity (Wildman–Crippen MR) is 54.5 cm³/mol. The number of aromatic nitrogens is 2. The highest BCUT2D eigenvalue weighted by molar-refractivity contribution is 5.52. The highest BCUT2D eigenvalue weighted by atomic mass is 19.4. The summed E-state index contributed by atoms with van der Waals surface area (Å²) in [6, 6.07) is 0. The summed E-state index contributed by atoms with van der Waals surface area (Å²) in [5.41, 5.74) is 11.7. The van der Waals surface area contributed by atoms with Gasteiger partial charge in [0.25, 0.3) is 0 Å². The molecule has 0 fully saturated rings. The number of hydrogen-bond donors (Lipinski definition) is 1. The maximum atomic E-state index is 12.5. The van der Waals surface area contributed by atoms with E-state index in [-0.39, 0.29) is 12.1 Å². The van der Waals surface area contributed by atoms with Crippen LogP contribution in [0.4, 0.5) is 19.1 Å². The van der Waals surface area contributed by atoms with Gasteiger partial charge in [0.1, 0.15) is 0 Å². The molecule has 90 valence electrons. The van der Waals surface area contributed by atoms with E-state index in [1.54, 1.807) is 0 Å². The molecular weight excluding hydrogens is 237 g/mol. The third-order valence-corrected chi connectivity index (χ3v) is 1.65. The Labute approximate surface area is 93.6 Å². The van der Waals surface area contributed by atoms with E-state index in [0.29, 0.717) is 0 Å². The topological polar surface area (TPSA) is 101 Å². The summed E-state index contributed by atoms with van der Waals surface area (Å²) in [6.45, 7) is -0.0574. The molecule has 0 amide bonds. The third kappa shape index (κ3) is 3.65. The highest BCUT2D eigenvalue weighted by Crippen LogP contribution is 2.30. The molecule has 0 unspecified atom stereocenters. The van der Waals surface area contributed by atoms with E-state index >= 15 is 0 Å². The zero-order valence-corrected chi connectivity index (χ0v) is 8.39. The van der Waals surface area contributed by atoms with Gasteiger partial charge in [-0.2, -0.15) is 13.2 Å². The van der Waals surface area contributed by atoms with Gasteiger partial charge in [0.15, 0.2) is 5.69 Å². The normalized spacial score (nSPS) is 11.5. The molecule has 6 nitrogen and oxygen atoms in total. The highest BCUT2D eigenvalue weighted by Gasteiger charge is 2.35. The lowest BCUT2D eigenvalue weighted by atomic mass is 10.2. The first-order valence-corrected chi connectivity index (χ1v) is 4.32. The second kappa shape index (κ2) is 5.17. The van der Waals surface area contributed by atoms with Crippen molar-refractivity contribution in [3.8, 4) is 0 Å². The Hall–Kier alpha value is -2.28. The summed E-state index contributed by atoms with van der Waals surface area (Å²) in [5.74, 6) is -0.454. The summed E-state index contributed by atoms with van der Waals surface area (Å²) in [4.78, 5) is 9.05. The number of alkyl halides is 3. The Bertz CT molecular complexity index is 475. The zero-order valence-electron chi connectivity index (χ0n) is 8.39. The van der Waals surface area contributed by atoms with Gasteiger partial charge in [0.05, 0.1) is 0 Å². The van der Waals surface area contributed by atoms with Gasteiger partial charge in [-0.1, -0.05) is 17.3 Å². The molecule has 9 heteroatoms. The minimum absolute atomic E-state index is 0.0574. The van der Waals surface area contributed by atoms with Crippen LogP contribution in [0, 0.1) is 0 Å². The Kier molecular flexibility index (Phi) is 3.89. The van der Waals surface area contributed by atoms with Crippen LogP contribution in [0.3, 0.4) is 0 Å². The minimum Gasteiger partial charge on any atom is -0.368 e. The fraction of sp³-hybridized carbons (Fsp3) is 0.250. The van der Waals surface area contributed by atoms with Crippen LogP contribution in [0.1, 0.15) is 11.3 Å². The molecule has 1 aromatic heterocycles. The van der Waals surface area contributed by atoms with Gasteiger partial charge in [-0.25, -0.2) is 9.97 Å². The first-order chi connectivity index (χ1) is 7.95. The average molecular weight is 244 g/mol. The van der Waals surface area contributed by atoms with Crippen LogP contribution in [0.25, 0.3) is 16.5 Å². The molecule has 0 saturated carbocycles. The van der Waals surface area contributed by atoms with E-state index in [2.05, 4.69) is 20.0 Å². The molecular formula is C8H7F3N6. The maximum Gasteiger partial charge on any atom is 0.434 e. The number of nitrogen functional groups attached to an aromatic ring is 1. The van der Waals surface area contributed by atoms with Crippen molar-refractivity contribution >= 4 is 12.0 Å². The lowest BCUT2D eigenvalue weighted by Crippen LogP contribution is -2.12. The van der Waals surface area contributed by atoms with Crippen LogP contribution in [0.2, 0.25) is 0 Å². The fourth-order valence-corrected chi connectivity index (χ4v) is 1.02. The predicted octanol–water partition coefficient (Wildman–Crippen LogP) is 2.40. The lowest BCUT2D eigenvalue weighted by molar-refractivity contribution is -0.141. The van der Waals surface area contributed by atoms with Crippen LogP contribution in [-0.4, -0.2) is 16.5 Å². The lowest BCUT2D eigenvalue weighted by Gasteiger charge is -2.08. The summed E-state index contributed by atoms with van der Waals surface area (Å²) < 4.78 is 37.6. The second-order valence-corrected chi connectivity index (χ2v) is 2.85. The Morgan fingerprint density at radius 3 is 2.82 bits per heavy atom. The number of nitrogens with zero attached hydrogens (tertiary/aromatic N) is 5. The number of nitrogens with two attached hydrogens (primary N) is 1. The summed E-state index contributed by atoms with van der Waals surface area (Å²) in [7, 11) is 0. The first-order valence-electron chi connectivity index (χ1n) is 4.32. The standard InChI is InChI=1S/C8H7F3N6/c9-8(10,11)6-5(2-1-3-15-17-13)4-14-7(12)16-6/h1-2,4H,3H2,(H2,12,14,16). The van der Waals surface area contributed by atoms with Crippen molar-refractivity contribution in [3.05, 3.63) is 34.0 Å². The monoisotopic (exact) mass is 244 g/mol. The summed E-state index contributed by atoms with van der Waals surface area (Å²) in [5, 5.41) is 3.14. The molecule has 0 radical (unpaired) electrons. The van der Waals surface area contributed by atoms with Gasteiger partial charge in [-0.3, -0.25) is 0 Å². The van der Waals surface area contributed by atoms with E-state index in [1.165, 1.54) is 6.08 Å². The van der Waals surface area contributed by atoms with Gasteiger partial charge in [0, 0.05) is 23.2 Å². The first kappa shape index (κ1) is 12.8. The van der Waals surface area contributed by atoms with Crippen molar-refractivity contribution in [2.75, 3.05) is 12.3 Å². The van der Waals surface area contributed by atoms with Crippen LogP contribution in [-0.2, 0) is 6.18 Å². The molecule has 1 heterocycles. The van der Waals surface area contributed by atoms with Crippen LogP contribution in [0.15, 0.2) is 17.4 Å². The SMILES string of the molecule is [N-]=[N+]=NCC=Cc1cnc(N)nc1C(F)(F)F. The number of halogens is 3. The Morgan fingerprint density at radius 2 is 2.24 bits per heavy atom. The molecule has 0 aliphatic carbocycles. The average Bonchev–Trinajstić information content (AvgIpc) is 2.25. The summed E-state index contributed by atoms with van der Waals surface area (Å²) >= 11 is 0. The van der Waals surface area contributed by atoms with E-state index in [0.717, 1.165) is 12.3 Å². The summed E-state index contributed by atoms with van der Waals surface area (Å²) in [6.07, 6.45) is -1.27. The van der Waals surface area contributed by atoms with Gasteiger partial charge in [-0.15, -0.1) is 0 Å². The van der Waals surface area contributed by atoms with Crippen molar-refractivity contribution in [1.29, 1.82) is 0 Å². The molecule has 0 aromatic carbocycles. The van der Waals surface area contributed by atoms with Crippen LogP contribution >= 0.6 is 0 Å². The van der Waals surface area contributed by atoms with Gasteiger partial charge < -0.3 is 5.73 Å². The van der Waals surface area contributed by atoms with Crippen LogP contribution in [0.5, 0.6) is 0 Å². The smallest absolute Gasteiger partial charge is 0.368 e. The molecule has 1 aromatic rings. The van der Waals surface area contributed by atoms with Crippen molar-refractivity contribution in [2.24, 2.45) is 5.11 Å². The maximum absolute atomic E-state index is 12.5. The molecule has 0 bridgehead atoms. The van der Waals surface area contributed by atoms with E-state index < -0.39 is 17.8 Å². The molecule has 0 saturated heterocycles. The largest absolute Gasteiger partial charge is 0.434 e. The van der Waals surface area contributed by atoms with Crippen molar-refractivity contribution in [1.82, 2.24) is 9.97 Å². The second-order valence-electron chi connectivity index (χ2n) is 2.85. The Balaban J connectivity index is 3.07. The van der Waals surface area contributed by atoms with E-state index in [1.807, 2.05) is 0 Å². The molecule has 2 N–H and O–H groups in total. The molecule has 17 heavy (non-hydrogen) atoms. The van der Waals surface area contributed by atoms with Crippen molar-refractivity contribution in [2.45, 2.75) is 6.18 Å². The van der Waals surface area contributed by atoms with Crippen molar-refractivity contribution < 1.29 is 13.2 Å². The molecule has 0 atom stereocenters. The van der Waals surface area contributed by atoms with Gasteiger partial charge in [-0.05, 0) is 5.53 Å². The fourth-order valence-electron chi connectivity index (χ4n) is 1.02. The number of hydrogen-bond acceptors (Lipinski definition) is 4. The third-order valence-electron chi connectivity index (χ3n) is 1.65. The van der Waals surface area contributed by atoms with Crippen LogP contribution < -0.4 is 5.73 Å². The quantitative estimate of drug-likeness (QED) is 0.501. The zero-order chi connectivity index (χ0) is 12.9. The van der Waals surface area contributed by atoms with Crippen molar-refractivity contribution in [3.63, 3.8) is 0 Å². The molecule has 1 rings (SSSR count). The Morgan fingerprint density at radius 1 is 1.53 bits per heavy atom.